The lowest BCUT2D eigenvalue weighted by Gasteiger charge is -2.15. The fraction of sp³-hybridized carbons (Fsp3) is 0.0870. The summed E-state index contributed by atoms with van der Waals surface area (Å²) >= 11 is 0. The molecule has 4 rings (SSSR count). The summed E-state index contributed by atoms with van der Waals surface area (Å²) in [6, 6.07) is 19.0. The molecule has 4 aromatic rings. The van der Waals surface area contributed by atoms with Crippen LogP contribution in [-0.2, 0) is 6.42 Å². The number of rotatable bonds is 5. The first-order valence-corrected chi connectivity index (χ1v) is 9.17. The van der Waals surface area contributed by atoms with E-state index in [1.165, 1.54) is 12.1 Å². The zero-order valence-electron chi connectivity index (χ0n) is 15.5. The van der Waals surface area contributed by atoms with Crippen molar-refractivity contribution < 1.29 is 9.50 Å². The minimum absolute atomic E-state index is 0.218. The maximum Gasteiger partial charge on any atom is 0.135 e. The SMILES string of the molecule is Nc1nc(CC(O)c2ccccc2)nc(-c2ccncc2)c1-c1ccc(F)cc1. The van der Waals surface area contributed by atoms with Gasteiger partial charge in [0.15, 0.2) is 0 Å². The Morgan fingerprint density at radius 1 is 0.862 bits per heavy atom. The van der Waals surface area contributed by atoms with E-state index in [-0.39, 0.29) is 18.1 Å². The molecule has 1 unspecified atom stereocenters. The number of halogens is 1. The molecule has 2 heterocycles. The molecule has 3 N–H and O–H groups in total. The third kappa shape index (κ3) is 4.12. The van der Waals surface area contributed by atoms with E-state index in [1.54, 1.807) is 24.5 Å². The van der Waals surface area contributed by atoms with E-state index in [1.807, 2.05) is 42.5 Å². The quantitative estimate of drug-likeness (QED) is 0.537. The smallest absolute Gasteiger partial charge is 0.135 e. The Morgan fingerprint density at radius 2 is 1.55 bits per heavy atom. The summed E-state index contributed by atoms with van der Waals surface area (Å²) < 4.78 is 13.4. The van der Waals surface area contributed by atoms with Crippen LogP contribution >= 0.6 is 0 Å². The van der Waals surface area contributed by atoms with Gasteiger partial charge in [-0.25, -0.2) is 14.4 Å². The number of benzene rings is 2. The Morgan fingerprint density at radius 3 is 2.24 bits per heavy atom. The number of aliphatic hydroxyl groups excluding tert-OH is 1. The van der Waals surface area contributed by atoms with Crippen molar-refractivity contribution in [3.63, 3.8) is 0 Å². The minimum Gasteiger partial charge on any atom is -0.388 e. The molecular weight excluding hydrogens is 367 g/mol. The lowest BCUT2D eigenvalue weighted by atomic mass is 9.99. The molecule has 29 heavy (non-hydrogen) atoms. The molecule has 0 aliphatic carbocycles. The van der Waals surface area contributed by atoms with Crippen LogP contribution in [0.2, 0.25) is 0 Å². The number of aromatic nitrogens is 3. The Kier molecular flexibility index (Phi) is 5.27. The average molecular weight is 386 g/mol. The second-order valence-corrected chi connectivity index (χ2v) is 6.62. The molecule has 0 saturated carbocycles. The molecule has 2 aromatic heterocycles. The highest BCUT2D eigenvalue weighted by molar-refractivity contribution is 5.87. The van der Waals surface area contributed by atoms with Crippen molar-refractivity contribution in [2.75, 3.05) is 5.73 Å². The van der Waals surface area contributed by atoms with Crippen LogP contribution in [0.4, 0.5) is 10.2 Å². The van der Waals surface area contributed by atoms with Crippen molar-refractivity contribution >= 4 is 5.82 Å². The maximum absolute atomic E-state index is 13.4. The van der Waals surface area contributed by atoms with Gasteiger partial charge in [0.25, 0.3) is 0 Å². The summed E-state index contributed by atoms with van der Waals surface area (Å²) in [7, 11) is 0. The summed E-state index contributed by atoms with van der Waals surface area (Å²) in [5.41, 5.74) is 9.84. The lowest BCUT2D eigenvalue weighted by molar-refractivity contribution is 0.176. The van der Waals surface area contributed by atoms with Gasteiger partial charge in [0.05, 0.1) is 17.4 Å². The highest BCUT2D eigenvalue weighted by Gasteiger charge is 2.18. The molecule has 0 aliphatic heterocycles. The summed E-state index contributed by atoms with van der Waals surface area (Å²) in [4.78, 5) is 13.2. The highest BCUT2D eigenvalue weighted by atomic mass is 19.1. The number of nitrogens with zero attached hydrogens (tertiary/aromatic N) is 3. The van der Waals surface area contributed by atoms with Crippen LogP contribution in [0.1, 0.15) is 17.5 Å². The predicted octanol–water partition coefficient (Wildman–Crippen LogP) is 4.20. The van der Waals surface area contributed by atoms with Crippen LogP contribution in [-0.4, -0.2) is 20.1 Å². The predicted molar refractivity (Wildman–Crippen MR) is 110 cm³/mol. The molecule has 6 heteroatoms. The zero-order chi connectivity index (χ0) is 20.2. The number of nitrogen functional groups attached to an aromatic ring is 1. The van der Waals surface area contributed by atoms with Gasteiger partial charge in [0.2, 0.25) is 0 Å². The molecule has 0 amide bonds. The normalized spacial score (nSPS) is 11.9. The highest BCUT2D eigenvalue weighted by Crippen LogP contribution is 2.34. The van der Waals surface area contributed by atoms with Gasteiger partial charge in [-0.1, -0.05) is 42.5 Å². The van der Waals surface area contributed by atoms with Crippen molar-refractivity contribution in [1.82, 2.24) is 15.0 Å². The van der Waals surface area contributed by atoms with Crippen LogP contribution < -0.4 is 5.73 Å². The molecule has 144 valence electrons. The molecule has 1 atom stereocenters. The van der Waals surface area contributed by atoms with Gasteiger partial charge < -0.3 is 10.8 Å². The Hall–Kier alpha value is -3.64. The van der Waals surface area contributed by atoms with Gasteiger partial charge in [-0.05, 0) is 35.4 Å². The Bertz CT molecular complexity index is 1100. The summed E-state index contributed by atoms with van der Waals surface area (Å²) in [5.74, 6) is 0.367. The van der Waals surface area contributed by atoms with Gasteiger partial charge in [-0.2, -0.15) is 0 Å². The number of hydrogen-bond donors (Lipinski definition) is 2. The first-order valence-electron chi connectivity index (χ1n) is 9.17. The van der Waals surface area contributed by atoms with E-state index in [9.17, 15) is 9.50 Å². The Labute approximate surface area is 167 Å². The third-order valence-electron chi connectivity index (χ3n) is 4.63. The average Bonchev–Trinajstić information content (AvgIpc) is 2.75. The van der Waals surface area contributed by atoms with Crippen LogP contribution in [0.3, 0.4) is 0 Å². The minimum atomic E-state index is -0.752. The summed E-state index contributed by atoms with van der Waals surface area (Å²) in [6.45, 7) is 0. The molecule has 2 aromatic carbocycles. The van der Waals surface area contributed by atoms with Crippen molar-refractivity contribution in [2.45, 2.75) is 12.5 Å². The fourth-order valence-corrected chi connectivity index (χ4v) is 3.20. The number of pyridine rings is 1. The van der Waals surface area contributed by atoms with Crippen LogP contribution in [0.5, 0.6) is 0 Å². The van der Waals surface area contributed by atoms with Gasteiger partial charge in [0.1, 0.15) is 17.5 Å². The van der Waals surface area contributed by atoms with Crippen molar-refractivity contribution in [3.05, 3.63) is 96.3 Å². The van der Waals surface area contributed by atoms with E-state index < -0.39 is 6.10 Å². The maximum atomic E-state index is 13.4. The number of anilines is 1. The van der Waals surface area contributed by atoms with Gasteiger partial charge in [-0.3, -0.25) is 4.98 Å². The topological polar surface area (TPSA) is 84.9 Å². The molecule has 0 saturated heterocycles. The number of hydrogen-bond acceptors (Lipinski definition) is 5. The standard InChI is InChI=1S/C23H19FN4O/c24-18-8-6-16(7-9-18)21-22(17-10-12-26-13-11-17)27-20(28-23(21)25)14-19(29)15-4-2-1-3-5-15/h1-13,19,29H,14H2,(H2,25,27,28). The molecule has 0 spiro atoms. The van der Waals surface area contributed by atoms with E-state index >= 15 is 0 Å². The van der Waals surface area contributed by atoms with E-state index in [4.69, 9.17) is 10.7 Å². The van der Waals surface area contributed by atoms with Crippen LogP contribution in [0.15, 0.2) is 79.1 Å². The summed E-state index contributed by atoms with van der Waals surface area (Å²) in [6.07, 6.45) is 2.80. The fourth-order valence-electron chi connectivity index (χ4n) is 3.20. The molecule has 0 bridgehead atoms. The van der Waals surface area contributed by atoms with Crippen LogP contribution in [0, 0.1) is 5.82 Å². The first-order chi connectivity index (χ1) is 14.1. The molecule has 0 aliphatic rings. The lowest BCUT2D eigenvalue weighted by Crippen LogP contribution is -2.09. The molecule has 0 radical (unpaired) electrons. The van der Waals surface area contributed by atoms with Crippen molar-refractivity contribution in [1.29, 1.82) is 0 Å². The Balaban J connectivity index is 1.79. The van der Waals surface area contributed by atoms with Gasteiger partial charge in [0, 0.05) is 24.4 Å². The second-order valence-electron chi connectivity index (χ2n) is 6.62. The van der Waals surface area contributed by atoms with E-state index in [0.29, 0.717) is 22.6 Å². The second kappa shape index (κ2) is 8.16. The molecular formula is C23H19FN4O. The third-order valence-corrected chi connectivity index (χ3v) is 4.63. The van der Waals surface area contributed by atoms with Gasteiger partial charge in [-0.15, -0.1) is 0 Å². The molecule has 5 nitrogen and oxygen atoms in total. The first kappa shape index (κ1) is 18.7. The van der Waals surface area contributed by atoms with Crippen LogP contribution in [0.25, 0.3) is 22.4 Å². The molecule has 0 fully saturated rings. The van der Waals surface area contributed by atoms with Crippen molar-refractivity contribution in [3.8, 4) is 22.4 Å². The van der Waals surface area contributed by atoms with Crippen molar-refractivity contribution in [2.24, 2.45) is 0 Å². The largest absolute Gasteiger partial charge is 0.388 e. The number of nitrogens with two attached hydrogens (primary N) is 1. The summed E-state index contributed by atoms with van der Waals surface area (Å²) in [5, 5.41) is 10.6. The van der Waals surface area contributed by atoms with E-state index in [0.717, 1.165) is 11.1 Å². The monoisotopic (exact) mass is 386 g/mol. The van der Waals surface area contributed by atoms with Gasteiger partial charge >= 0.3 is 0 Å². The number of aliphatic hydroxyl groups is 1. The van der Waals surface area contributed by atoms with E-state index in [2.05, 4.69) is 9.97 Å². The zero-order valence-corrected chi connectivity index (χ0v) is 15.5.